The van der Waals surface area contributed by atoms with Crippen LogP contribution >= 0.6 is 11.3 Å². The molecular formula is C16H21N3S. The first kappa shape index (κ1) is 13.6. The average molecular weight is 287 g/mol. The van der Waals surface area contributed by atoms with Crippen LogP contribution in [0.3, 0.4) is 0 Å². The largest absolute Gasteiger partial charge is 0.326 e. The molecule has 106 valence electrons. The maximum Gasteiger partial charge on any atom is 0.190 e. The van der Waals surface area contributed by atoms with Crippen molar-refractivity contribution in [2.24, 2.45) is 5.73 Å². The molecule has 4 heteroatoms. The number of nitrogens with two attached hydrogens (primary N) is 1. The molecule has 2 aromatic rings. The van der Waals surface area contributed by atoms with Gasteiger partial charge in [-0.2, -0.15) is 0 Å². The molecule has 0 saturated carbocycles. The number of hydrogen-bond acceptors (Lipinski definition) is 4. The summed E-state index contributed by atoms with van der Waals surface area (Å²) in [6.07, 6.45) is 2.35. The van der Waals surface area contributed by atoms with E-state index in [1.807, 2.05) is 0 Å². The van der Waals surface area contributed by atoms with Gasteiger partial charge in [0.2, 0.25) is 0 Å². The van der Waals surface area contributed by atoms with Crippen LogP contribution in [0.4, 0.5) is 10.8 Å². The molecular weight excluding hydrogens is 266 g/mol. The second-order valence-corrected chi connectivity index (χ2v) is 6.61. The second-order valence-electron chi connectivity index (χ2n) is 5.55. The number of rotatable bonds is 3. The SMILES string of the molecule is CC(C)c1nc(N2CCCc3ccccc32)sc1CN. The fourth-order valence-corrected chi connectivity index (χ4v) is 3.93. The van der Waals surface area contributed by atoms with E-state index < -0.39 is 0 Å². The summed E-state index contributed by atoms with van der Waals surface area (Å²) in [6.45, 7) is 6.00. The van der Waals surface area contributed by atoms with Crippen LogP contribution in [0.15, 0.2) is 24.3 Å². The van der Waals surface area contributed by atoms with E-state index in [9.17, 15) is 0 Å². The Labute approximate surface area is 124 Å². The highest BCUT2D eigenvalue weighted by atomic mass is 32.1. The van der Waals surface area contributed by atoms with Gasteiger partial charge >= 0.3 is 0 Å². The van der Waals surface area contributed by atoms with Gasteiger partial charge in [0.25, 0.3) is 0 Å². The van der Waals surface area contributed by atoms with E-state index in [1.54, 1.807) is 11.3 Å². The van der Waals surface area contributed by atoms with Crippen LogP contribution in [0.5, 0.6) is 0 Å². The van der Waals surface area contributed by atoms with Gasteiger partial charge in [0.15, 0.2) is 5.13 Å². The van der Waals surface area contributed by atoms with Crippen molar-refractivity contribution in [2.75, 3.05) is 11.4 Å². The van der Waals surface area contributed by atoms with Crippen molar-refractivity contribution in [1.82, 2.24) is 4.98 Å². The van der Waals surface area contributed by atoms with Gasteiger partial charge in [-0.1, -0.05) is 43.4 Å². The van der Waals surface area contributed by atoms with E-state index in [0.717, 1.165) is 17.4 Å². The first-order valence-electron chi connectivity index (χ1n) is 7.25. The number of anilines is 2. The minimum absolute atomic E-state index is 0.429. The number of para-hydroxylation sites is 1. The maximum atomic E-state index is 5.88. The number of aryl methyl sites for hydroxylation is 1. The molecule has 0 atom stereocenters. The molecule has 2 N–H and O–H groups in total. The molecule has 1 aromatic heterocycles. The van der Waals surface area contributed by atoms with Gasteiger partial charge in [-0.05, 0) is 30.4 Å². The number of thiazole rings is 1. The number of benzene rings is 1. The van der Waals surface area contributed by atoms with Crippen molar-refractivity contribution in [3.63, 3.8) is 0 Å². The molecule has 1 aromatic carbocycles. The summed E-state index contributed by atoms with van der Waals surface area (Å²) in [5.41, 5.74) is 9.78. The molecule has 3 rings (SSSR count). The third-order valence-corrected chi connectivity index (χ3v) is 4.91. The van der Waals surface area contributed by atoms with Crippen LogP contribution in [-0.2, 0) is 13.0 Å². The highest BCUT2D eigenvalue weighted by Crippen LogP contribution is 2.38. The van der Waals surface area contributed by atoms with Gasteiger partial charge < -0.3 is 10.6 Å². The minimum atomic E-state index is 0.429. The van der Waals surface area contributed by atoms with Gasteiger partial charge in [0.1, 0.15) is 0 Å². The standard InChI is InChI=1S/C16H21N3S/c1-11(2)15-14(10-17)20-16(18-15)19-9-5-7-12-6-3-4-8-13(12)19/h3-4,6,8,11H,5,7,9-10,17H2,1-2H3. The normalized spacial score (nSPS) is 14.7. The van der Waals surface area contributed by atoms with Gasteiger partial charge in [0, 0.05) is 23.7 Å². The van der Waals surface area contributed by atoms with E-state index in [-0.39, 0.29) is 0 Å². The first-order chi connectivity index (χ1) is 9.70. The molecule has 20 heavy (non-hydrogen) atoms. The van der Waals surface area contributed by atoms with Crippen molar-refractivity contribution in [1.29, 1.82) is 0 Å². The Balaban J connectivity index is 2.02. The van der Waals surface area contributed by atoms with Crippen LogP contribution in [0, 0.1) is 0 Å². The summed E-state index contributed by atoms with van der Waals surface area (Å²) in [4.78, 5) is 8.44. The van der Waals surface area contributed by atoms with E-state index in [4.69, 9.17) is 10.7 Å². The van der Waals surface area contributed by atoms with Gasteiger partial charge in [0.05, 0.1) is 5.69 Å². The number of fused-ring (bicyclic) bond motifs is 1. The molecule has 1 aliphatic heterocycles. The van der Waals surface area contributed by atoms with Crippen molar-refractivity contribution in [3.05, 3.63) is 40.4 Å². The Morgan fingerprint density at radius 3 is 2.85 bits per heavy atom. The highest BCUT2D eigenvalue weighted by molar-refractivity contribution is 7.15. The summed E-state index contributed by atoms with van der Waals surface area (Å²) in [5.74, 6) is 0.429. The fourth-order valence-electron chi connectivity index (χ4n) is 2.80. The van der Waals surface area contributed by atoms with Gasteiger partial charge in [-0.3, -0.25) is 0 Å². The second kappa shape index (κ2) is 5.54. The smallest absolute Gasteiger partial charge is 0.190 e. The Kier molecular flexibility index (Phi) is 3.76. The van der Waals surface area contributed by atoms with Crippen molar-refractivity contribution >= 4 is 22.2 Å². The first-order valence-corrected chi connectivity index (χ1v) is 8.07. The lowest BCUT2D eigenvalue weighted by Gasteiger charge is -2.29. The zero-order valence-corrected chi connectivity index (χ0v) is 12.9. The Bertz CT molecular complexity index is 604. The molecule has 0 saturated heterocycles. The summed E-state index contributed by atoms with van der Waals surface area (Å²) in [5, 5.41) is 1.10. The monoisotopic (exact) mass is 287 g/mol. The predicted octanol–water partition coefficient (Wildman–Crippen LogP) is 3.81. The fraction of sp³-hybridized carbons (Fsp3) is 0.438. The zero-order valence-electron chi connectivity index (χ0n) is 12.1. The van der Waals surface area contributed by atoms with Crippen LogP contribution in [0.1, 0.15) is 42.3 Å². The zero-order chi connectivity index (χ0) is 14.1. The van der Waals surface area contributed by atoms with Crippen molar-refractivity contribution in [2.45, 2.75) is 39.2 Å². The number of nitrogens with zero attached hydrogens (tertiary/aromatic N) is 2. The van der Waals surface area contributed by atoms with E-state index in [1.165, 1.54) is 29.0 Å². The number of aromatic nitrogens is 1. The lowest BCUT2D eigenvalue weighted by Crippen LogP contribution is -2.24. The van der Waals surface area contributed by atoms with Crippen LogP contribution in [0.25, 0.3) is 0 Å². The third-order valence-electron chi connectivity index (χ3n) is 3.79. The van der Waals surface area contributed by atoms with Crippen molar-refractivity contribution < 1.29 is 0 Å². The molecule has 0 amide bonds. The van der Waals surface area contributed by atoms with E-state index in [0.29, 0.717) is 12.5 Å². The molecule has 2 heterocycles. The maximum absolute atomic E-state index is 5.88. The molecule has 0 fully saturated rings. The van der Waals surface area contributed by atoms with Gasteiger partial charge in [-0.25, -0.2) is 4.98 Å². The summed E-state index contributed by atoms with van der Waals surface area (Å²) < 4.78 is 0. The summed E-state index contributed by atoms with van der Waals surface area (Å²) in [7, 11) is 0. The third kappa shape index (κ3) is 2.34. The Morgan fingerprint density at radius 1 is 1.35 bits per heavy atom. The summed E-state index contributed by atoms with van der Waals surface area (Å²) in [6, 6.07) is 8.66. The quantitative estimate of drug-likeness (QED) is 0.933. The molecule has 0 bridgehead atoms. The Morgan fingerprint density at radius 2 is 2.15 bits per heavy atom. The predicted molar refractivity (Wildman–Crippen MR) is 85.9 cm³/mol. The van der Waals surface area contributed by atoms with Crippen LogP contribution in [0.2, 0.25) is 0 Å². The average Bonchev–Trinajstić information content (AvgIpc) is 2.91. The van der Waals surface area contributed by atoms with Crippen LogP contribution in [-0.4, -0.2) is 11.5 Å². The lowest BCUT2D eigenvalue weighted by molar-refractivity contribution is 0.757. The topological polar surface area (TPSA) is 42.2 Å². The molecule has 0 spiro atoms. The molecule has 0 aliphatic carbocycles. The molecule has 0 unspecified atom stereocenters. The molecule has 1 aliphatic rings. The molecule has 3 nitrogen and oxygen atoms in total. The van der Waals surface area contributed by atoms with Crippen molar-refractivity contribution in [3.8, 4) is 0 Å². The Hall–Kier alpha value is -1.39. The van der Waals surface area contributed by atoms with E-state index in [2.05, 4.69) is 43.0 Å². The van der Waals surface area contributed by atoms with Gasteiger partial charge in [-0.15, -0.1) is 0 Å². The summed E-state index contributed by atoms with van der Waals surface area (Å²) >= 11 is 1.75. The van der Waals surface area contributed by atoms with Crippen LogP contribution < -0.4 is 10.6 Å². The number of hydrogen-bond donors (Lipinski definition) is 1. The highest BCUT2D eigenvalue weighted by Gasteiger charge is 2.22. The minimum Gasteiger partial charge on any atom is -0.326 e. The molecule has 0 radical (unpaired) electrons. The lowest BCUT2D eigenvalue weighted by atomic mass is 10.0. The van der Waals surface area contributed by atoms with E-state index >= 15 is 0 Å².